The van der Waals surface area contributed by atoms with Gasteiger partial charge in [-0.1, -0.05) is 11.8 Å². The van der Waals surface area contributed by atoms with E-state index in [1.54, 1.807) is 4.68 Å². The van der Waals surface area contributed by atoms with Gasteiger partial charge in [0.15, 0.2) is 0 Å². The van der Waals surface area contributed by atoms with Crippen molar-refractivity contribution in [3.05, 3.63) is 24.3 Å². The molecule has 1 N–H and O–H groups in total. The van der Waals surface area contributed by atoms with Gasteiger partial charge >= 0.3 is 6.61 Å². The van der Waals surface area contributed by atoms with E-state index < -0.39 is 6.61 Å². The minimum Gasteiger partial charge on any atom is -0.435 e. The van der Waals surface area contributed by atoms with E-state index >= 15 is 0 Å². The molecule has 0 aliphatic rings. The molecule has 7 nitrogen and oxygen atoms in total. The highest BCUT2D eigenvalue weighted by Gasteiger charge is 2.12. The van der Waals surface area contributed by atoms with E-state index in [1.807, 2.05) is 13.8 Å². The Hall–Kier alpha value is -2.23. The van der Waals surface area contributed by atoms with Gasteiger partial charge in [0.1, 0.15) is 5.75 Å². The average molecular weight is 343 g/mol. The Kier molecular flexibility index (Phi) is 5.85. The fourth-order valence-corrected chi connectivity index (χ4v) is 2.46. The van der Waals surface area contributed by atoms with Crippen molar-refractivity contribution in [3.63, 3.8) is 0 Å². The molecule has 1 aromatic carbocycles. The Labute approximate surface area is 135 Å². The molecule has 0 atom stereocenters. The first kappa shape index (κ1) is 17.1. The normalized spacial score (nSPS) is 11.0. The summed E-state index contributed by atoms with van der Waals surface area (Å²) < 4.78 is 29.9. The van der Waals surface area contributed by atoms with Crippen LogP contribution in [0.25, 0.3) is 0 Å². The van der Waals surface area contributed by atoms with Crippen molar-refractivity contribution in [1.82, 2.24) is 20.2 Å². The van der Waals surface area contributed by atoms with Gasteiger partial charge in [-0.15, -0.1) is 5.10 Å². The third-order valence-electron chi connectivity index (χ3n) is 2.65. The molecule has 0 radical (unpaired) electrons. The van der Waals surface area contributed by atoms with Crippen LogP contribution < -0.4 is 10.1 Å². The van der Waals surface area contributed by atoms with Crippen molar-refractivity contribution in [3.8, 4) is 5.75 Å². The van der Waals surface area contributed by atoms with Crippen molar-refractivity contribution < 1.29 is 18.3 Å². The predicted molar refractivity (Wildman–Crippen MR) is 80.6 cm³/mol. The van der Waals surface area contributed by atoms with Crippen LogP contribution in [0.15, 0.2) is 29.4 Å². The molecular weight excluding hydrogens is 328 g/mol. The van der Waals surface area contributed by atoms with Crippen LogP contribution in [0.3, 0.4) is 0 Å². The monoisotopic (exact) mass is 343 g/mol. The zero-order valence-electron chi connectivity index (χ0n) is 12.4. The van der Waals surface area contributed by atoms with Crippen molar-refractivity contribution >= 4 is 23.4 Å². The van der Waals surface area contributed by atoms with E-state index in [0.29, 0.717) is 10.8 Å². The van der Waals surface area contributed by atoms with Crippen LogP contribution >= 0.6 is 11.8 Å². The van der Waals surface area contributed by atoms with Gasteiger partial charge in [-0.05, 0) is 48.5 Å². The molecule has 0 bridgehead atoms. The maximum Gasteiger partial charge on any atom is 0.387 e. The van der Waals surface area contributed by atoms with E-state index in [-0.39, 0.29) is 23.5 Å². The molecule has 1 aromatic heterocycles. The molecule has 1 heterocycles. The Bertz CT molecular complexity index is 648. The number of nitrogens with one attached hydrogen (secondary N) is 1. The van der Waals surface area contributed by atoms with Crippen LogP contribution in [0.1, 0.15) is 19.9 Å². The summed E-state index contributed by atoms with van der Waals surface area (Å²) in [6.07, 6.45) is 0. The number of anilines is 1. The smallest absolute Gasteiger partial charge is 0.387 e. The number of hydrogen-bond acceptors (Lipinski definition) is 6. The van der Waals surface area contributed by atoms with Crippen LogP contribution in [0.5, 0.6) is 5.75 Å². The summed E-state index contributed by atoms with van der Waals surface area (Å²) in [6.45, 7) is 0.992. The first-order valence-electron chi connectivity index (χ1n) is 6.71. The summed E-state index contributed by atoms with van der Waals surface area (Å²) >= 11 is 1.21. The van der Waals surface area contributed by atoms with Gasteiger partial charge in [0.2, 0.25) is 11.1 Å². The third-order valence-corrected chi connectivity index (χ3v) is 3.58. The van der Waals surface area contributed by atoms with Gasteiger partial charge in [-0.3, -0.25) is 4.79 Å². The second-order valence-corrected chi connectivity index (χ2v) is 5.68. The van der Waals surface area contributed by atoms with E-state index in [1.165, 1.54) is 36.0 Å². The molecule has 0 saturated heterocycles. The Morgan fingerprint density at radius 2 is 2.04 bits per heavy atom. The summed E-state index contributed by atoms with van der Waals surface area (Å²) in [6, 6.07) is 5.78. The van der Waals surface area contributed by atoms with E-state index in [4.69, 9.17) is 0 Å². The van der Waals surface area contributed by atoms with Gasteiger partial charge in [0, 0.05) is 5.69 Å². The van der Waals surface area contributed by atoms with Gasteiger partial charge in [0.05, 0.1) is 11.8 Å². The zero-order valence-corrected chi connectivity index (χ0v) is 13.3. The molecule has 2 aromatic rings. The van der Waals surface area contributed by atoms with Crippen LogP contribution in [0.2, 0.25) is 0 Å². The molecule has 0 spiro atoms. The Balaban J connectivity index is 1.86. The van der Waals surface area contributed by atoms with Crippen molar-refractivity contribution in [2.45, 2.75) is 31.7 Å². The van der Waals surface area contributed by atoms with Crippen molar-refractivity contribution in [1.29, 1.82) is 0 Å². The number of carbonyl (C=O) groups excluding carboxylic acids is 1. The second kappa shape index (κ2) is 7.86. The largest absolute Gasteiger partial charge is 0.435 e. The van der Waals surface area contributed by atoms with E-state index in [9.17, 15) is 13.6 Å². The highest BCUT2D eigenvalue weighted by atomic mass is 32.2. The van der Waals surface area contributed by atoms with Gasteiger partial charge in [-0.25, -0.2) is 4.68 Å². The van der Waals surface area contributed by atoms with Gasteiger partial charge in [0.25, 0.3) is 0 Å². The molecule has 0 saturated carbocycles. The summed E-state index contributed by atoms with van der Waals surface area (Å²) in [7, 11) is 0. The highest BCUT2D eigenvalue weighted by molar-refractivity contribution is 7.99. The van der Waals surface area contributed by atoms with Crippen LogP contribution in [-0.2, 0) is 4.79 Å². The first-order valence-corrected chi connectivity index (χ1v) is 7.69. The summed E-state index contributed by atoms with van der Waals surface area (Å²) in [5.74, 6) is -0.0955. The molecule has 0 aliphatic carbocycles. The number of alkyl halides is 2. The maximum atomic E-state index is 12.0. The lowest BCUT2D eigenvalue weighted by molar-refractivity contribution is -0.113. The average Bonchev–Trinajstić information content (AvgIpc) is 2.95. The highest BCUT2D eigenvalue weighted by Crippen LogP contribution is 2.20. The number of ether oxygens (including phenoxy) is 1. The van der Waals surface area contributed by atoms with Gasteiger partial charge in [-0.2, -0.15) is 8.78 Å². The lowest BCUT2D eigenvalue weighted by Crippen LogP contribution is -2.15. The number of nitrogens with zero attached hydrogens (tertiary/aromatic N) is 4. The second-order valence-electron chi connectivity index (χ2n) is 4.74. The lowest BCUT2D eigenvalue weighted by Gasteiger charge is -2.08. The lowest BCUT2D eigenvalue weighted by atomic mass is 10.3. The molecule has 2 rings (SSSR count). The molecular formula is C13H15F2N5O2S. The molecule has 1 amide bonds. The number of carbonyl (C=O) groups is 1. The number of rotatable bonds is 7. The number of halogens is 2. The molecule has 0 aliphatic heterocycles. The Morgan fingerprint density at radius 1 is 1.35 bits per heavy atom. The summed E-state index contributed by atoms with van der Waals surface area (Å²) in [5, 5.41) is 14.5. The summed E-state index contributed by atoms with van der Waals surface area (Å²) in [4.78, 5) is 11.9. The summed E-state index contributed by atoms with van der Waals surface area (Å²) in [5.41, 5.74) is 0.487. The molecule has 0 fully saturated rings. The molecule has 23 heavy (non-hydrogen) atoms. The maximum absolute atomic E-state index is 12.0. The zero-order chi connectivity index (χ0) is 16.8. The Morgan fingerprint density at radius 3 is 2.65 bits per heavy atom. The van der Waals surface area contributed by atoms with Gasteiger partial charge < -0.3 is 10.1 Å². The minimum atomic E-state index is -2.88. The standard InChI is InChI=1S/C13H15F2N5O2S/c1-8(2)20-13(17-18-19-20)23-7-11(21)16-9-3-5-10(6-4-9)22-12(14)15/h3-6,8,12H,7H2,1-2H3,(H,16,21). The fourth-order valence-electron chi connectivity index (χ4n) is 1.65. The molecule has 124 valence electrons. The molecule has 0 unspecified atom stereocenters. The van der Waals surface area contributed by atoms with Crippen LogP contribution in [-0.4, -0.2) is 38.5 Å². The fraction of sp³-hybridized carbons (Fsp3) is 0.385. The van der Waals surface area contributed by atoms with Crippen LogP contribution in [0, 0.1) is 0 Å². The van der Waals surface area contributed by atoms with Crippen LogP contribution in [0.4, 0.5) is 14.5 Å². The van der Waals surface area contributed by atoms with Crippen molar-refractivity contribution in [2.24, 2.45) is 0 Å². The van der Waals surface area contributed by atoms with E-state index in [2.05, 4.69) is 25.6 Å². The first-order chi connectivity index (χ1) is 11.0. The van der Waals surface area contributed by atoms with E-state index in [0.717, 1.165) is 0 Å². The third kappa shape index (κ3) is 5.16. The minimum absolute atomic E-state index is 0.0310. The SMILES string of the molecule is CC(C)n1nnnc1SCC(=O)Nc1ccc(OC(F)F)cc1. The number of tetrazole rings is 1. The number of amides is 1. The quantitative estimate of drug-likeness (QED) is 0.778. The molecule has 10 heteroatoms. The number of thioether (sulfide) groups is 1. The van der Waals surface area contributed by atoms with Crippen molar-refractivity contribution in [2.75, 3.05) is 11.1 Å². The number of hydrogen-bond donors (Lipinski definition) is 1. The topological polar surface area (TPSA) is 81.9 Å². The number of benzene rings is 1. The predicted octanol–water partition coefficient (Wildman–Crippen LogP) is 2.59. The number of aromatic nitrogens is 4.